The average Bonchev–Trinajstić information content (AvgIpc) is 2.05. The highest BCUT2D eigenvalue weighted by atomic mass is 16.5. The smallest absolute Gasteiger partial charge is 0.120 e. The second-order valence-corrected chi connectivity index (χ2v) is 5.23. The molecular weight excluding hydrogens is 202 g/mol. The predicted molar refractivity (Wildman–Crippen MR) is 63.8 cm³/mol. The fourth-order valence-electron chi connectivity index (χ4n) is 1.78. The molecule has 0 bridgehead atoms. The number of phenolic OH excluding ortho intramolecular Hbond substituents is 1. The summed E-state index contributed by atoms with van der Waals surface area (Å²) in [5.74, 6) is 1.16. The molecule has 0 unspecified atom stereocenters. The van der Waals surface area contributed by atoms with E-state index in [0.717, 1.165) is 24.3 Å². The highest BCUT2D eigenvalue weighted by molar-refractivity contribution is 5.42. The van der Waals surface area contributed by atoms with Gasteiger partial charge in [-0.15, -0.1) is 0 Å². The summed E-state index contributed by atoms with van der Waals surface area (Å²) in [5.41, 5.74) is 0.731. The Morgan fingerprint density at radius 2 is 2.06 bits per heavy atom. The van der Waals surface area contributed by atoms with Crippen molar-refractivity contribution in [3.05, 3.63) is 23.8 Å². The van der Waals surface area contributed by atoms with Crippen LogP contribution in [-0.2, 0) is 0 Å². The van der Waals surface area contributed by atoms with Crippen molar-refractivity contribution >= 4 is 0 Å². The molecule has 3 heteroatoms. The van der Waals surface area contributed by atoms with Crippen LogP contribution in [0.15, 0.2) is 18.2 Å². The number of hydrogen-bond donors (Lipinski definition) is 2. The molecule has 0 saturated carbocycles. The third-order valence-corrected chi connectivity index (χ3v) is 2.62. The van der Waals surface area contributed by atoms with E-state index in [1.807, 2.05) is 32.9 Å². The van der Waals surface area contributed by atoms with Gasteiger partial charge in [0.25, 0.3) is 0 Å². The normalized spacial score (nSPS) is 20.3. The van der Waals surface area contributed by atoms with Crippen LogP contribution in [0, 0.1) is 0 Å². The van der Waals surface area contributed by atoms with Gasteiger partial charge in [0, 0.05) is 11.6 Å². The van der Waals surface area contributed by atoms with Crippen LogP contribution in [0.25, 0.3) is 0 Å². The van der Waals surface area contributed by atoms with Gasteiger partial charge in [-0.25, -0.2) is 0 Å². The van der Waals surface area contributed by atoms with Gasteiger partial charge in [0.05, 0.1) is 0 Å². The molecule has 0 aromatic heterocycles. The lowest BCUT2D eigenvalue weighted by Crippen LogP contribution is -2.35. The Balaban J connectivity index is 2.21. The third kappa shape index (κ3) is 2.47. The van der Waals surface area contributed by atoms with Crippen LogP contribution >= 0.6 is 0 Å². The first kappa shape index (κ1) is 11.3. The molecule has 2 rings (SSSR count). The van der Waals surface area contributed by atoms with E-state index in [1.54, 1.807) is 6.07 Å². The molecule has 1 aromatic rings. The molecule has 1 saturated heterocycles. The molecule has 1 aliphatic heterocycles. The van der Waals surface area contributed by atoms with Gasteiger partial charge in [0.2, 0.25) is 0 Å². The molecule has 0 radical (unpaired) electrons. The molecule has 16 heavy (non-hydrogen) atoms. The van der Waals surface area contributed by atoms with E-state index >= 15 is 0 Å². The molecule has 1 aromatic carbocycles. The monoisotopic (exact) mass is 221 g/mol. The van der Waals surface area contributed by atoms with Gasteiger partial charge < -0.3 is 15.2 Å². The van der Waals surface area contributed by atoms with Crippen molar-refractivity contribution in [2.75, 3.05) is 6.54 Å². The lowest BCUT2D eigenvalue weighted by Gasteiger charge is -2.29. The maximum absolute atomic E-state index is 9.77. The number of hydrogen-bond acceptors (Lipinski definition) is 3. The second-order valence-electron chi connectivity index (χ2n) is 5.23. The Kier molecular flexibility index (Phi) is 2.80. The van der Waals surface area contributed by atoms with Crippen LogP contribution < -0.4 is 10.1 Å². The molecule has 1 aliphatic rings. The molecule has 3 nitrogen and oxygen atoms in total. The van der Waals surface area contributed by atoms with E-state index in [2.05, 4.69) is 5.32 Å². The second kappa shape index (κ2) is 3.98. The molecule has 0 aliphatic carbocycles. The average molecular weight is 221 g/mol. The number of rotatable bonds is 2. The Morgan fingerprint density at radius 1 is 1.38 bits per heavy atom. The summed E-state index contributed by atoms with van der Waals surface area (Å²) in [6, 6.07) is 5.72. The molecule has 1 fully saturated rings. The third-order valence-electron chi connectivity index (χ3n) is 2.62. The standard InChI is InChI=1S/C13H19NO2/c1-13(2,3)16-9-4-5-12(15)10(8-9)11-6-7-14-11/h4-5,8,11,14-15H,6-7H2,1-3H3/t11-/m1/s1. The summed E-state index contributed by atoms with van der Waals surface area (Å²) in [7, 11) is 0. The first-order valence-electron chi connectivity index (χ1n) is 5.71. The van der Waals surface area contributed by atoms with Crippen molar-refractivity contribution in [3.8, 4) is 11.5 Å². The van der Waals surface area contributed by atoms with Crippen LogP contribution in [0.5, 0.6) is 11.5 Å². The van der Waals surface area contributed by atoms with Crippen molar-refractivity contribution in [2.24, 2.45) is 0 Å². The number of nitrogens with one attached hydrogen (secondary N) is 1. The Bertz CT molecular complexity index is 378. The molecule has 0 amide bonds. The molecule has 2 N–H and O–H groups in total. The van der Waals surface area contributed by atoms with Crippen molar-refractivity contribution in [3.63, 3.8) is 0 Å². The summed E-state index contributed by atoms with van der Waals surface area (Å²) in [6.07, 6.45) is 1.08. The topological polar surface area (TPSA) is 41.5 Å². The van der Waals surface area contributed by atoms with Gasteiger partial charge in [-0.1, -0.05) is 0 Å². The summed E-state index contributed by atoms with van der Waals surface area (Å²) in [6.45, 7) is 7.07. The van der Waals surface area contributed by atoms with Crippen LogP contribution in [0.2, 0.25) is 0 Å². The fraction of sp³-hybridized carbons (Fsp3) is 0.538. The predicted octanol–water partition coefficient (Wildman–Crippen LogP) is 2.60. The molecule has 1 atom stereocenters. The molecule has 0 spiro atoms. The van der Waals surface area contributed by atoms with E-state index < -0.39 is 0 Å². The summed E-state index contributed by atoms with van der Waals surface area (Å²) in [5, 5.41) is 13.1. The van der Waals surface area contributed by atoms with Crippen molar-refractivity contribution in [1.82, 2.24) is 5.32 Å². The fourth-order valence-corrected chi connectivity index (χ4v) is 1.78. The van der Waals surface area contributed by atoms with E-state index in [-0.39, 0.29) is 11.6 Å². The number of benzene rings is 1. The highest BCUT2D eigenvalue weighted by Gasteiger charge is 2.22. The van der Waals surface area contributed by atoms with Gasteiger partial charge in [-0.2, -0.15) is 0 Å². The van der Waals surface area contributed by atoms with Gasteiger partial charge in [-0.3, -0.25) is 0 Å². The molecule has 88 valence electrons. The van der Waals surface area contributed by atoms with Gasteiger partial charge in [0.15, 0.2) is 0 Å². The van der Waals surface area contributed by atoms with E-state index in [1.165, 1.54) is 0 Å². The zero-order valence-corrected chi connectivity index (χ0v) is 10.1. The quantitative estimate of drug-likeness (QED) is 0.806. The lowest BCUT2D eigenvalue weighted by molar-refractivity contribution is 0.130. The first-order chi connectivity index (χ1) is 7.46. The molecule has 1 heterocycles. The zero-order chi connectivity index (χ0) is 11.8. The van der Waals surface area contributed by atoms with E-state index in [4.69, 9.17) is 4.74 Å². The minimum Gasteiger partial charge on any atom is -0.508 e. The molecular formula is C13H19NO2. The first-order valence-corrected chi connectivity index (χ1v) is 5.71. The summed E-state index contributed by atoms with van der Waals surface area (Å²) < 4.78 is 5.78. The van der Waals surface area contributed by atoms with Crippen LogP contribution in [-0.4, -0.2) is 17.3 Å². The largest absolute Gasteiger partial charge is 0.508 e. The minimum absolute atomic E-state index is 0.207. The SMILES string of the molecule is CC(C)(C)Oc1ccc(O)c([C@H]2CCN2)c1. The van der Waals surface area contributed by atoms with Crippen molar-refractivity contribution in [2.45, 2.75) is 38.8 Å². The van der Waals surface area contributed by atoms with Crippen molar-refractivity contribution < 1.29 is 9.84 Å². The van der Waals surface area contributed by atoms with Gasteiger partial charge >= 0.3 is 0 Å². The maximum atomic E-state index is 9.77. The van der Waals surface area contributed by atoms with E-state index in [9.17, 15) is 5.11 Å². The summed E-state index contributed by atoms with van der Waals surface area (Å²) >= 11 is 0. The lowest BCUT2D eigenvalue weighted by atomic mass is 9.97. The Morgan fingerprint density at radius 3 is 2.56 bits per heavy atom. The Hall–Kier alpha value is -1.22. The van der Waals surface area contributed by atoms with Crippen molar-refractivity contribution in [1.29, 1.82) is 0 Å². The van der Waals surface area contributed by atoms with Crippen LogP contribution in [0.4, 0.5) is 0 Å². The van der Waals surface area contributed by atoms with Gasteiger partial charge in [-0.05, 0) is 51.9 Å². The zero-order valence-electron chi connectivity index (χ0n) is 10.1. The van der Waals surface area contributed by atoms with Gasteiger partial charge in [0.1, 0.15) is 17.1 Å². The minimum atomic E-state index is -0.207. The number of ether oxygens (including phenoxy) is 1. The Labute approximate surface area is 96.4 Å². The number of aromatic hydroxyl groups is 1. The summed E-state index contributed by atoms with van der Waals surface area (Å²) in [4.78, 5) is 0. The van der Waals surface area contributed by atoms with Crippen LogP contribution in [0.3, 0.4) is 0 Å². The maximum Gasteiger partial charge on any atom is 0.120 e. The van der Waals surface area contributed by atoms with Crippen LogP contribution in [0.1, 0.15) is 38.8 Å². The van der Waals surface area contributed by atoms with E-state index in [0.29, 0.717) is 5.75 Å². The number of phenols is 1. The highest BCUT2D eigenvalue weighted by Crippen LogP contribution is 2.34.